The lowest BCUT2D eigenvalue weighted by molar-refractivity contribution is 0.601. The van der Waals surface area contributed by atoms with Gasteiger partial charge in [-0.1, -0.05) is 178 Å². The Morgan fingerprint density at radius 1 is 0.339 bits per heavy atom. The predicted molar refractivity (Wildman–Crippen MR) is 260 cm³/mol. The molecule has 0 heterocycles. The van der Waals surface area contributed by atoms with E-state index in [1.54, 1.807) is 0 Å². The zero-order valence-corrected chi connectivity index (χ0v) is 36.0. The van der Waals surface area contributed by atoms with Crippen LogP contribution in [0.1, 0.15) is 67.2 Å². The molecule has 290 valence electrons. The Kier molecular flexibility index (Phi) is 11.8. The summed E-state index contributed by atoms with van der Waals surface area (Å²) in [7, 11) is -4.08. The number of benzene rings is 8. The number of hydrogen-bond acceptors (Lipinski definition) is 0. The number of hydrogen-bond donors (Lipinski definition) is 0. The third-order valence-corrected chi connectivity index (χ3v) is 21.4. The highest BCUT2D eigenvalue weighted by Gasteiger charge is 2.47. The van der Waals surface area contributed by atoms with Gasteiger partial charge in [0.05, 0.1) is 12.3 Å². The maximum Gasteiger partial charge on any atom is 0.116 e. The first-order valence-electron chi connectivity index (χ1n) is 21.6. The third-order valence-electron chi connectivity index (χ3n) is 12.6. The molecule has 0 spiro atoms. The van der Waals surface area contributed by atoms with E-state index in [1.165, 1.54) is 97.3 Å². The summed E-state index contributed by atoms with van der Waals surface area (Å²) < 4.78 is 0. The molecule has 9 rings (SSSR count). The topological polar surface area (TPSA) is 0 Å². The fourth-order valence-electron chi connectivity index (χ4n) is 9.83. The Bertz CT molecular complexity index is 2200. The van der Waals surface area contributed by atoms with Crippen molar-refractivity contribution in [3.05, 3.63) is 241 Å². The average Bonchev–Trinajstić information content (AvgIpc) is 3.62. The van der Waals surface area contributed by atoms with Gasteiger partial charge in [-0.25, -0.2) is 0 Å². The zero-order chi connectivity index (χ0) is 39.9. The lowest BCUT2D eigenvalue weighted by Crippen LogP contribution is -2.32. The molecule has 0 saturated carbocycles. The minimum Gasteiger partial charge on any atom is -0.0654 e. The Morgan fingerprint density at radius 3 is 0.932 bits per heavy atom. The normalized spacial score (nSPS) is 12.6. The highest BCUT2D eigenvalue weighted by molar-refractivity contribution is 7.95. The van der Waals surface area contributed by atoms with Gasteiger partial charge < -0.3 is 0 Å². The summed E-state index contributed by atoms with van der Waals surface area (Å²) in [6, 6.07) is 83.2. The Hall–Kier alpha value is -5.38. The van der Waals surface area contributed by atoms with E-state index in [4.69, 9.17) is 0 Å². The van der Waals surface area contributed by atoms with Gasteiger partial charge in [-0.15, -0.1) is 0 Å². The maximum absolute atomic E-state index is 2.62. The molecule has 59 heavy (non-hydrogen) atoms. The van der Waals surface area contributed by atoms with Crippen molar-refractivity contribution in [1.29, 1.82) is 0 Å². The second kappa shape index (κ2) is 17.9. The Morgan fingerprint density at radius 2 is 0.644 bits per heavy atom. The summed E-state index contributed by atoms with van der Waals surface area (Å²) in [5, 5.41) is 8.61. The van der Waals surface area contributed by atoms with Gasteiger partial charge in [0, 0.05) is 5.92 Å². The summed E-state index contributed by atoms with van der Waals surface area (Å²) in [6.45, 7) is 2.32. The van der Waals surface area contributed by atoms with Crippen LogP contribution >= 0.6 is 14.5 Å². The van der Waals surface area contributed by atoms with Gasteiger partial charge in [0.1, 0.15) is 46.4 Å². The van der Waals surface area contributed by atoms with Crippen LogP contribution in [0.15, 0.2) is 218 Å². The van der Waals surface area contributed by atoms with Crippen molar-refractivity contribution >= 4 is 46.4 Å². The Balaban J connectivity index is 1.16. The minimum absolute atomic E-state index is 0.382. The van der Waals surface area contributed by atoms with Gasteiger partial charge in [-0.05, 0) is 113 Å². The Labute approximate surface area is 353 Å². The predicted octanol–water partition coefficient (Wildman–Crippen LogP) is 12.8. The standard InChI is InChI=1S/C57H54P2/c1-2-3-4-23-36-53-56-41-45(43-58(47-24-11-5-12-25-47,48-26-13-6-14-27-48)49-28-15-7-16-29-49)37-39-54(56)55-40-38-46(42-57(53)55)44-59(50-30-17-8-18-31-50,51-32-19-9-20-33-51)52-34-21-10-22-35-52/h5-22,24-35,37-42,53H,2-4,23,36,43-44H2,1H3/q+2. The van der Waals surface area contributed by atoms with Crippen LogP contribution in [-0.4, -0.2) is 0 Å². The summed E-state index contributed by atoms with van der Waals surface area (Å²) in [6.07, 6.45) is 8.23. The van der Waals surface area contributed by atoms with E-state index in [2.05, 4.69) is 225 Å². The molecular weight excluding hydrogens is 747 g/mol. The second-order valence-electron chi connectivity index (χ2n) is 16.2. The molecule has 0 N–H and O–H groups in total. The molecule has 8 aromatic carbocycles. The molecule has 0 atom stereocenters. The first-order chi connectivity index (χ1) is 29.2. The van der Waals surface area contributed by atoms with Crippen LogP contribution in [0.2, 0.25) is 0 Å². The summed E-state index contributed by atoms with van der Waals surface area (Å²) in [4.78, 5) is 0. The molecule has 0 aliphatic heterocycles. The van der Waals surface area contributed by atoms with Crippen LogP contribution in [0.25, 0.3) is 11.1 Å². The van der Waals surface area contributed by atoms with E-state index < -0.39 is 14.5 Å². The monoisotopic (exact) mass is 800 g/mol. The summed E-state index contributed by atoms with van der Waals surface area (Å²) >= 11 is 0. The highest BCUT2D eigenvalue weighted by Crippen LogP contribution is 2.60. The molecule has 0 radical (unpaired) electrons. The van der Waals surface area contributed by atoms with Crippen LogP contribution in [0.5, 0.6) is 0 Å². The first-order valence-corrected chi connectivity index (χ1v) is 25.5. The van der Waals surface area contributed by atoms with Crippen LogP contribution in [0.4, 0.5) is 0 Å². The highest BCUT2D eigenvalue weighted by atomic mass is 31.2. The molecule has 0 unspecified atom stereocenters. The molecule has 1 aliphatic rings. The van der Waals surface area contributed by atoms with Gasteiger partial charge in [0.15, 0.2) is 0 Å². The smallest absolute Gasteiger partial charge is 0.0654 e. The molecule has 8 aromatic rings. The van der Waals surface area contributed by atoms with Gasteiger partial charge in [0.2, 0.25) is 0 Å². The zero-order valence-electron chi connectivity index (χ0n) is 34.2. The van der Waals surface area contributed by atoms with Gasteiger partial charge in [-0.3, -0.25) is 0 Å². The van der Waals surface area contributed by atoms with E-state index in [0.29, 0.717) is 5.92 Å². The number of unbranched alkanes of at least 4 members (excludes halogenated alkanes) is 3. The molecule has 0 nitrogen and oxygen atoms in total. The lowest BCUT2D eigenvalue weighted by atomic mass is 9.90. The van der Waals surface area contributed by atoms with Gasteiger partial charge in [-0.2, -0.15) is 0 Å². The molecule has 0 bridgehead atoms. The number of fused-ring (bicyclic) bond motifs is 3. The van der Waals surface area contributed by atoms with Crippen LogP contribution < -0.4 is 31.8 Å². The van der Waals surface area contributed by atoms with Crippen LogP contribution in [0.3, 0.4) is 0 Å². The van der Waals surface area contributed by atoms with Crippen molar-refractivity contribution in [2.24, 2.45) is 0 Å². The van der Waals surface area contributed by atoms with Crippen molar-refractivity contribution < 1.29 is 0 Å². The van der Waals surface area contributed by atoms with Gasteiger partial charge in [0.25, 0.3) is 0 Å². The number of rotatable bonds is 15. The SMILES string of the molecule is CCCCCCC1c2cc(C[P+](c3ccccc3)(c3ccccc3)c3ccccc3)ccc2-c2ccc(C[P+](c3ccccc3)(c3ccccc3)c3ccccc3)cc21. The fraction of sp³-hybridized carbons (Fsp3) is 0.158. The first kappa shape index (κ1) is 39.1. The van der Waals surface area contributed by atoms with E-state index in [0.717, 1.165) is 12.3 Å². The minimum atomic E-state index is -2.04. The molecule has 0 fully saturated rings. The maximum atomic E-state index is 2.62. The van der Waals surface area contributed by atoms with Crippen molar-refractivity contribution in [2.75, 3.05) is 0 Å². The average molecular weight is 801 g/mol. The van der Waals surface area contributed by atoms with Crippen LogP contribution in [-0.2, 0) is 12.3 Å². The van der Waals surface area contributed by atoms with Crippen molar-refractivity contribution in [2.45, 2.75) is 57.3 Å². The van der Waals surface area contributed by atoms with Crippen molar-refractivity contribution in [3.8, 4) is 11.1 Å². The molecule has 1 aliphatic carbocycles. The lowest BCUT2D eigenvalue weighted by Gasteiger charge is -2.28. The van der Waals surface area contributed by atoms with Crippen molar-refractivity contribution in [3.63, 3.8) is 0 Å². The second-order valence-corrected chi connectivity index (χ2v) is 23.2. The van der Waals surface area contributed by atoms with Gasteiger partial charge >= 0.3 is 0 Å². The fourth-order valence-corrected chi connectivity index (χ4v) is 18.3. The van der Waals surface area contributed by atoms with Crippen molar-refractivity contribution in [1.82, 2.24) is 0 Å². The molecule has 0 amide bonds. The summed E-state index contributed by atoms with van der Waals surface area (Å²) in [5.41, 5.74) is 8.76. The quantitative estimate of drug-likeness (QED) is 0.0716. The summed E-state index contributed by atoms with van der Waals surface area (Å²) in [5.74, 6) is 0.382. The third kappa shape index (κ3) is 7.67. The molecule has 0 saturated heterocycles. The molecular formula is C57H54P2+2. The van der Waals surface area contributed by atoms with E-state index >= 15 is 0 Å². The van der Waals surface area contributed by atoms with E-state index in [-0.39, 0.29) is 0 Å². The molecule has 0 aromatic heterocycles. The van der Waals surface area contributed by atoms with E-state index in [1.807, 2.05) is 0 Å². The molecule has 2 heteroatoms. The van der Waals surface area contributed by atoms with E-state index in [9.17, 15) is 0 Å². The van der Waals surface area contributed by atoms with Crippen LogP contribution in [0, 0.1) is 0 Å². The largest absolute Gasteiger partial charge is 0.116 e.